The maximum atomic E-state index is 11.8. The van der Waals surface area contributed by atoms with Gasteiger partial charge in [-0.3, -0.25) is 4.90 Å². The highest BCUT2D eigenvalue weighted by Crippen LogP contribution is 2.10. The van der Waals surface area contributed by atoms with Gasteiger partial charge in [-0.15, -0.1) is 0 Å². The lowest BCUT2D eigenvalue weighted by atomic mass is 10.4. The van der Waals surface area contributed by atoms with Crippen molar-refractivity contribution in [2.75, 3.05) is 26.2 Å². The quantitative estimate of drug-likeness (QED) is 0.710. The van der Waals surface area contributed by atoms with E-state index in [9.17, 15) is 8.42 Å². The van der Waals surface area contributed by atoms with Crippen LogP contribution in [0, 0.1) is 5.88 Å². The first-order valence-electron chi connectivity index (χ1n) is 4.72. The van der Waals surface area contributed by atoms with E-state index >= 15 is 0 Å². The molecule has 6 nitrogen and oxygen atoms in total. The third-order valence-corrected chi connectivity index (χ3v) is 3.52. The van der Waals surface area contributed by atoms with Crippen molar-refractivity contribution >= 4 is 9.84 Å². The van der Waals surface area contributed by atoms with Gasteiger partial charge in [-0.05, 0) is 0 Å². The Morgan fingerprint density at radius 2 is 2.13 bits per heavy atom. The topological polar surface area (TPSA) is 78.1 Å². The van der Waals surface area contributed by atoms with Crippen LogP contribution in [0.3, 0.4) is 0 Å². The van der Waals surface area contributed by atoms with Crippen LogP contribution in [0.1, 0.15) is 0 Å². The number of rotatable bonds is 3. The fraction of sp³-hybridized carbons (Fsp3) is 0.500. The van der Waals surface area contributed by atoms with Gasteiger partial charge < -0.3 is 10.3 Å². The van der Waals surface area contributed by atoms with Crippen LogP contribution < -0.4 is 5.32 Å². The number of hydrogen-bond donors (Lipinski definition) is 2. The number of nitrogens with one attached hydrogen (secondary N) is 2. The Kier molecular flexibility index (Phi) is 3.03. The van der Waals surface area contributed by atoms with Gasteiger partial charge in [0.2, 0.25) is 15.0 Å². The van der Waals surface area contributed by atoms with Gasteiger partial charge in [0.25, 0.3) is 0 Å². The first-order valence-corrected chi connectivity index (χ1v) is 6.27. The molecule has 1 fully saturated rings. The molecule has 1 aromatic rings. The van der Waals surface area contributed by atoms with Crippen LogP contribution in [0.5, 0.6) is 0 Å². The Morgan fingerprint density at radius 1 is 1.40 bits per heavy atom. The van der Waals surface area contributed by atoms with E-state index < -0.39 is 9.84 Å². The van der Waals surface area contributed by atoms with Crippen molar-refractivity contribution in [3.63, 3.8) is 0 Å². The van der Waals surface area contributed by atoms with E-state index in [0.717, 1.165) is 13.1 Å². The van der Waals surface area contributed by atoms with Crippen molar-refractivity contribution in [2.45, 2.75) is 5.16 Å². The second-order valence-electron chi connectivity index (χ2n) is 3.33. The van der Waals surface area contributed by atoms with E-state index in [1.54, 1.807) is 4.90 Å². The Balaban J connectivity index is 2.04. The molecule has 15 heavy (non-hydrogen) atoms. The molecule has 0 aromatic carbocycles. The summed E-state index contributed by atoms with van der Waals surface area (Å²) in [5.41, 5.74) is 0. The predicted octanol–water partition coefficient (Wildman–Crippen LogP) is -0.792. The molecule has 7 heteroatoms. The molecule has 1 aromatic heterocycles. The van der Waals surface area contributed by atoms with Crippen LogP contribution in [-0.4, -0.2) is 49.5 Å². The van der Waals surface area contributed by atoms with Crippen LogP contribution in [0.4, 0.5) is 0 Å². The van der Waals surface area contributed by atoms with E-state index in [0.29, 0.717) is 13.1 Å². The monoisotopic (exact) mass is 229 g/mol. The van der Waals surface area contributed by atoms with Gasteiger partial charge in [-0.25, -0.2) is 13.4 Å². The normalized spacial score (nSPS) is 19.2. The average molecular weight is 229 g/mol. The molecule has 1 aliphatic rings. The summed E-state index contributed by atoms with van der Waals surface area (Å²) in [6, 6.07) is 0. The van der Waals surface area contributed by atoms with E-state index in [1.165, 1.54) is 18.3 Å². The molecular formula is C8H13N4O2S. The van der Waals surface area contributed by atoms with Crippen molar-refractivity contribution in [3.05, 3.63) is 18.3 Å². The molecule has 0 spiro atoms. The minimum absolute atomic E-state index is 0.000956. The number of aromatic nitrogens is 2. The summed E-state index contributed by atoms with van der Waals surface area (Å²) < 4.78 is 23.5. The summed E-state index contributed by atoms with van der Waals surface area (Å²) in [5, 5.41) is 3.16. The predicted molar refractivity (Wildman–Crippen MR) is 54.5 cm³/mol. The summed E-state index contributed by atoms with van der Waals surface area (Å²) in [7, 11) is -3.41. The molecule has 83 valence electrons. The highest BCUT2D eigenvalue weighted by molar-refractivity contribution is 7.93. The Morgan fingerprint density at radius 3 is 2.73 bits per heavy atom. The summed E-state index contributed by atoms with van der Waals surface area (Å²) in [6.07, 6.45) is 2.93. The van der Waals surface area contributed by atoms with Gasteiger partial charge in [0, 0.05) is 38.6 Å². The Labute approximate surface area is 88.6 Å². The SMILES string of the molecule is O=S(=O)([CH]N1CCNCC1)c1ncc[nH]1. The number of hydrogen-bond acceptors (Lipinski definition) is 5. The van der Waals surface area contributed by atoms with Crippen molar-refractivity contribution < 1.29 is 8.42 Å². The van der Waals surface area contributed by atoms with Crippen LogP contribution in [0.15, 0.2) is 17.6 Å². The van der Waals surface area contributed by atoms with Gasteiger partial charge in [0.1, 0.15) is 0 Å². The number of sulfone groups is 1. The van der Waals surface area contributed by atoms with E-state index in [2.05, 4.69) is 15.3 Å². The number of piperazine rings is 1. The highest BCUT2D eigenvalue weighted by Gasteiger charge is 2.23. The molecule has 0 amide bonds. The molecule has 0 bridgehead atoms. The van der Waals surface area contributed by atoms with Gasteiger partial charge in [-0.2, -0.15) is 0 Å². The molecule has 0 unspecified atom stereocenters. The van der Waals surface area contributed by atoms with Crippen molar-refractivity contribution in [1.82, 2.24) is 20.2 Å². The van der Waals surface area contributed by atoms with Crippen LogP contribution in [0.25, 0.3) is 0 Å². The number of nitrogens with zero attached hydrogens (tertiary/aromatic N) is 2. The van der Waals surface area contributed by atoms with E-state index in [-0.39, 0.29) is 5.16 Å². The smallest absolute Gasteiger partial charge is 0.230 e. The third-order valence-electron chi connectivity index (χ3n) is 2.18. The molecular weight excluding hydrogens is 216 g/mol. The average Bonchev–Trinajstić information content (AvgIpc) is 2.71. The van der Waals surface area contributed by atoms with Gasteiger partial charge in [0.05, 0.1) is 0 Å². The van der Waals surface area contributed by atoms with Gasteiger partial charge in [0.15, 0.2) is 5.88 Å². The molecule has 1 radical (unpaired) electrons. The minimum atomic E-state index is -3.41. The van der Waals surface area contributed by atoms with Crippen molar-refractivity contribution in [1.29, 1.82) is 0 Å². The van der Waals surface area contributed by atoms with E-state index in [4.69, 9.17) is 0 Å². The maximum Gasteiger partial charge on any atom is 0.230 e. The summed E-state index contributed by atoms with van der Waals surface area (Å²) in [5.74, 6) is 1.26. The van der Waals surface area contributed by atoms with Crippen molar-refractivity contribution in [3.8, 4) is 0 Å². The first-order chi connectivity index (χ1) is 7.18. The van der Waals surface area contributed by atoms with Gasteiger partial charge in [-0.1, -0.05) is 0 Å². The lowest BCUT2D eigenvalue weighted by molar-refractivity contribution is 0.307. The fourth-order valence-corrected chi connectivity index (χ4v) is 2.58. The molecule has 2 N–H and O–H groups in total. The lowest BCUT2D eigenvalue weighted by Crippen LogP contribution is -2.43. The fourth-order valence-electron chi connectivity index (χ4n) is 1.44. The Hall–Kier alpha value is -0.920. The van der Waals surface area contributed by atoms with Crippen LogP contribution in [-0.2, 0) is 9.84 Å². The highest BCUT2D eigenvalue weighted by atomic mass is 32.2. The molecule has 0 aliphatic carbocycles. The summed E-state index contributed by atoms with van der Waals surface area (Å²) in [4.78, 5) is 8.12. The summed E-state index contributed by atoms with van der Waals surface area (Å²) >= 11 is 0. The first kappa shape index (κ1) is 10.6. The molecule has 2 heterocycles. The second-order valence-corrected chi connectivity index (χ2v) is 5.02. The van der Waals surface area contributed by atoms with Crippen LogP contribution in [0.2, 0.25) is 0 Å². The maximum absolute atomic E-state index is 11.8. The Bertz CT molecular complexity index is 394. The number of aromatic amines is 1. The zero-order valence-corrected chi connectivity index (χ0v) is 9.00. The largest absolute Gasteiger partial charge is 0.335 e. The van der Waals surface area contributed by atoms with Gasteiger partial charge >= 0.3 is 0 Å². The minimum Gasteiger partial charge on any atom is -0.335 e. The lowest BCUT2D eigenvalue weighted by Gasteiger charge is -2.25. The molecule has 1 saturated heterocycles. The van der Waals surface area contributed by atoms with Crippen LogP contribution >= 0.6 is 0 Å². The number of H-pyrrole nitrogens is 1. The molecule has 2 rings (SSSR count). The zero-order valence-electron chi connectivity index (χ0n) is 8.18. The zero-order chi connectivity index (χ0) is 10.7. The third kappa shape index (κ3) is 2.55. The second kappa shape index (κ2) is 4.30. The van der Waals surface area contributed by atoms with Crippen molar-refractivity contribution in [2.24, 2.45) is 0 Å². The number of imidazole rings is 1. The molecule has 1 aliphatic heterocycles. The molecule has 0 atom stereocenters. The summed E-state index contributed by atoms with van der Waals surface area (Å²) in [6.45, 7) is 3.04. The molecule has 0 saturated carbocycles. The standard InChI is InChI=1S/C8H13N4O2S/c13-15(14,8-10-1-2-11-8)7-12-5-3-9-4-6-12/h1-2,7,9H,3-6H2,(H,10,11). The van der Waals surface area contributed by atoms with E-state index in [1.807, 2.05) is 0 Å².